The van der Waals surface area contributed by atoms with E-state index in [2.05, 4.69) is 15.6 Å². The van der Waals surface area contributed by atoms with E-state index in [1.807, 2.05) is 0 Å². The number of nitro groups is 1. The van der Waals surface area contributed by atoms with Gasteiger partial charge in [0.25, 0.3) is 5.69 Å². The molecule has 2 aromatic rings. The Morgan fingerprint density at radius 1 is 1.29 bits per heavy atom. The summed E-state index contributed by atoms with van der Waals surface area (Å²) >= 11 is 0. The van der Waals surface area contributed by atoms with E-state index in [9.17, 15) is 15.2 Å². The van der Waals surface area contributed by atoms with E-state index in [4.69, 9.17) is 0 Å². The maximum atomic E-state index is 10.4. The highest BCUT2D eigenvalue weighted by Crippen LogP contribution is 2.16. The van der Waals surface area contributed by atoms with Crippen LogP contribution in [0, 0.1) is 10.1 Å². The molecule has 0 amide bonds. The van der Waals surface area contributed by atoms with E-state index in [0.717, 1.165) is 0 Å². The summed E-state index contributed by atoms with van der Waals surface area (Å²) in [5, 5.41) is 27.3. The molecule has 2 rings (SSSR count). The van der Waals surface area contributed by atoms with Crippen molar-refractivity contribution in [2.24, 2.45) is 0 Å². The number of nitro benzene ring substituents is 1. The Morgan fingerprint density at radius 3 is 2.41 bits per heavy atom. The normalized spacial score (nSPS) is 12.1. The molecule has 8 nitrogen and oxygen atoms in total. The molecule has 1 aromatic carbocycles. The summed E-state index contributed by atoms with van der Waals surface area (Å²) in [4.78, 5) is 9.95. The molecular weight excluding hydrogens is 226 g/mol. The van der Waals surface area contributed by atoms with Crippen molar-refractivity contribution in [2.75, 3.05) is 5.43 Å². The Bertz CT molecular complexity index is 496. The van der Waals surface area contributed by atoms with Crippen LogP contribution in [0.25, 0.3) is 0 Å². The van der Waals surface area contributed by atoms with Crippen LogP contribution >= 0.6 is 0 Å². The van der Waals surface area contributed by atoms with Gasteiger partial charge in [0.15, 0.2) is 6.23 Å². The molecule has 88 valence electrons. The molecule has 1 unspecified atom stereocenters. The van der Waals surface area contributed by atoms with Crippen molar-refractivity contribution in [2.45, 2.75) is 6.23 Å². The van der Waals surface area contributed by atoms with Crippen LogP contribution in [0.4, 0.5) is 5.69 Å². The predicted molar refractivity (Wildman–Crippen MR) is 57.4 cm³/mol. The van der Waals surface area contributed by atoms with Gasteiger partial charge in [-0.15, -0.1) is 10.2 Å². The second kappa shape index (κ2) is 4.58. The van der Waals surface area contributed by atoms with E-state index in [-0.39, 0.29) is 5.69 Å². The van der Waals surface area contributed by atoms with Gasteiger partial charge in [0.2, 0.25) is 0 Å². The second-order valence-corrected chi connectivity index (χ2v) is 3.25. The number of nitrogens with zero attached hydrogens (tertiary/aromatic N) is 4. The zero-order chi connectivity index (χ0) is 12.3. The highest BCUT2D eigenvalue weighted by atomic mass is 16.6. The first-order chi connectivity index (χ1) is 8.16. The van der Waals surface area contributed by atoms with E-state index in [0.29, 0.717) is 5.56 Å². The first kappa shape index (κ1) is 11.0. The molecule has 0 saturated carbocycles. The minimum atomic E-state index is -0.994. The van der Waals surface area contributed by atoms with Crippen molar-refractivity contribution < 1.29 is 10.0 Å². The molecule has 2 N–H and O–H groups in total. The molecule has 0 bridgehead atoms. The minimum Gasteiger partial charge on any atom is -0.368 e. The van der Waals surface area contributed by atoms with E-state index >= 15 is 0 Å². The lowest BCUT2D eigenvalue weighted by Crippen LogP contribution is -2.19. The topological polar surface area (TPSA) is 106 Å². The number of nitrogens with one attached hydrogen (secondary N) is 1. The SMILES string of the molecule is O=[N+]([O-])c1ccc(C(O)Nn2cnnc2)cc1. The van der Waals surface area contributed by atoms with Crippen molar-refractivity contribution in [1.82, 2.24) is 14.9 Å². The summed E-state index contributed by atoms with van der Waals surface area (Å²) in [6.07, 6.45) is 1.77. The van der Waals surface area contributed by atoms with Gasteiger partial charge in [-0.3, -0.25) is 15.5 Å². The average molecular weight is 235 g/mol. The van der Waals surface area contributed by atoms with Crippen molar-refractivity contribution in [3.63, 3.8) is 0 Å². The molecule has 0 aliphatic carbocycles. The number of aromatic nitrogens is 3. The number of benzene rings is 1. The maximum absolute atomic E-state index is 10.4. The molecule has 1 atom stereocenters. The number of aliphatic hydroxyl groups is 1. The lowest BCUT2D eigenvalue weighted by Gasteiger charge is -2.13. The van der Waals surface area contributed by atoms with Gasteiger partial charge in [-0.2, -0.15) is 0 Å². The molecule has 0 aliphatic rings. The lowest BCUT2D eigenvalue weighted by molar-refractivity contribution is -0.384. The largest absolute Gasteiger partial charge is 0.368 e. The number of hydrogen-bond acceptors (Lipinski definition) is 6. The van der Waals surface area contributed by atoms with Crippen LogP contribution in [0.15, 0.2) is 36.9 Å². The van der Waals surface area contributed by atoms with Crippen LogP contribution < -0.4 is 5.43 Å². The van der Waals surface area contributed by atoms with Crippen LogP contribution in [0.2, 0.25) is 0 Å². The number of aliphatic hydroxyl groups excluding tert-OH is 1. The smallest absolute Gasteiger partial charge is 0.269 e. The van der Waals surface area contributed by atoms with Crippen molar-refractivity contribution in [3.8, 4) is 0 Å². The number of rotatable bonds is 4. The average Bonchev–Trinajstić information content (AvgIpc) is 2.82. The van der Waals surface area contributed by atoms with Crippen molar-refractivity contribution >= 4 is 5.69 Å². The standard InChI is InChI=1S/C9H9N5O3/c15-9(12-13-5-10-11-6-13)7-1-3-8(4-2-7)14(16)17/h1-6,9,12,15H. The van der Waals surface area contributed by atoms with Crippen LogP contribution in [-0.2, 0) is 0 Å². The third-order valence-electron chi connectivity index (χ3n) is 2.11. The Morgan fingerprint density at radius 2 is 1.88 bits per heavy atom. The van der Waals surface area contributed by atoms with Gasteiger partial charge in [0, 0.05) is 17.7 Å². The molecule has 0 fully saturated rings. The van der Waals surface area contributed by atoms with Gasteiger partial charge in [0.1, 0.15) is 12.7 Å². The first-order valence-electron chi connectivity index (χ1n) is 4.70. The van der Waals surface area contributed by atoms with E-state index < -0.39 is 11.2 Å². The van der Waals surface area contributed by atoms with Crippen LogP contribution in [0.3, 0.4) is 0 Å². The van der Waals surface area contributed by atoms with Gasteiger partial charge in [-0.05, 0) is 12.1 Å². The zero-order valence-corrected chi connectivity index (χ0v) is 8.59. The molecule has 1 aromatic heterocycles. The molecule has 0 saturated heterocycles. The number of non-ortho nitro benzene ring substituents is 1. The summed E-state index contributed by atoms with van der Waals surface area (Å²) in [6.45, 7) is 0. The van der Waals surface area contributed by atoms with Gasteiger partial charge in [0.05, 0.1) is 4.92 Å². The fraction of sp³-hybridized carbons (Fsp3) is 0.111. The first-order valence-corrected chi connectivity index (χ1v) is 4.70. The molecule has 0 aliphatic heterocycles. The van der Waals surface area contributed by atoms with Crippen molar-refractivity contribution in [3.05, 3.63) is 52.6 Å². The highest BCUT2D eigenvalue weighted by Gasteiger charge is 2.10. The summed E-state index contributed by atoms with van der Waals surface area (Å²) in [5.74, 6) is 0. The second-order valence-electron chi connectivity index (χ2n) is 3.25. The minimum absolute atomic E-state index is 0.0229. The Labute approximate surface area is 95.6 Å². The number of hydrogen-bond donors (Lipinski definition) is 2. The molecule has 0 radical (unpaired) electrons. The summed E-state index contributed by atoms with van der Waals surface area (Å²) in [7, 11) is 0. The predicted octanol–water partition coefficient (Wildman–Crippen LogP) is 0.421. The van der Waals surface area contributed by atoms with Crippen molar-refractivity contribution in [1.29, 1.82) is 0 Å². The fourth-order valence-corrected chi connectivity index (χ4v) is 1.26. The quantitative estimate of drug-likeness (QED) is 0.452. The van der Waals surface area contributed by atoms with E-state index in [1.165, 1.54) is 41.6 Å². The summed E-state index contributed by atoms with van der Waals surface area (Å²) in [5.41, 5.74) is 3.15. The third kappa shape index (κ3) is 2.55. The molecular formula is C9H9N5O3. The van der Waals surface area contributed by atoms with Gasteiger partial charge in [-0.25, -0.2) is 4.68 Å². The Balaban J connectivity index is 2.09. The summed E-state index contributed by atoms with van der Waals surface area (Å²) < 4.78 is 1.38. The van der Waals surface area contributed by atoms with E-state index in [1.54, 1.807) is 0 Å². The fourth-order valence-electron chi connectivity index (χ4n) is 1.26. The van der Waals surface area contributed by atoms with Crippen LogP contribution in [0.1, 0.15) is 11.8 Å². The maximum Gasteiger partial charge on any atom is 0.269 e. The van der Waals surface area contributed by atoms with Gasteiger partial charge < -0.3 is 5.11 Å². The van der Waals surface area contributed by atoms with Crippen LogP contribution in [-0.4, -0.2) is 24.9 Å². The Hall–Kier alpha value is -2.48. The van der Waals surface area contributed by atoms with Gasteiger partial charge >= 0.3 is 0 Å². The summed E-state index contributed by atoms with van der Waals surface area (Å²) in [6, 6.07) is 5.60. The zero-order valence-electron chi connectivity index (χ0n) is 8.59. The third-order valence-corrected chi connectivity index (χ3v) is 2.11. The molecule has 17 heavy (non-hydrogen) atoms. The highest BCUT2D eigenvalue weighted by molar-refractivity contribution is 5.34. The lowest BCUT2D eigenvalue weighted by atomic mass is 10.2. The molecule has 0 spiro atoms. The Kier molecular flexibility index (Phi) is 2.97. The molecule has 1 heterocycles. The monoisotopic (exact) mass is 235 g/mol. The van der Waals surface area contributed by atoms with Gasteiger partial charge in [-0.1, -0.05) is 0 Å². The molecule has 8 heteroatoms. The van der Waals surface area contributed by atoms with Crippen LogP contribution in [0.5, 0.6) is 0 Å².